The van der Waals surface area contributed by atoms with E-state index in [1.807, 2.05) is 0 Å². The van der Waals surface area contributed by atoms with Gasteiger partial charge in [0.15, 0.2) is 6.20 Å². The van der Waals surface area contributed by atoms with Crippen molar-refractivity contribution in [2.75, 3.05) is 0 Å². The molecule has 0 aliphatic carbocycles. The second-order valence-corrected chi connectivity index (χ2v) is 9.78. The zero-order valence-electron chi connectivity index (χ0n) is 19.3. The molecule has 6 rings (SSSR count). The Morgan fingerprint density at radius 3 is 2.35 bits per heavy atom. The van der Waals surface area contributed by atoms with Gasteiger partial charge >= 0.3 is 0 Å². The summed E-state index contributed by atoms with van der Waals surface area (Å²) in [5.74, 6) is 0.633. The summed E-state index contributed by atoms with van der Waals surface area (Å²) >= 11 is 0. The maximum atomic E-state index is 2.55. The molecule has 31 heavy (non-hydrogen) atoms. The number of aromatic nitrogens is 2. The molecule has 0 fully saturated rings. The smallest absolute Gasteiger partial charge is 0.224 e. The fraction of sp³-hybridized carbons (Fsp3) is 0.276. The Morgan fingerprint density at radius 1 is 0.839 bits per heavy atom. The molecule has 3 aromatic heterocycles. The topological polar surface area (TPSA) is 8.29 Å². The predicted molar refractivity (Wildman–Crippen MR) is 133 cm³/mol. The SMILES string of the molecule is Cc1c(C)c2c3ccccc3n3c4cc(CC(C)C)cc5cc[n+](C)c(c(c1C)c23)c54. The van der Waals surface area contributed by atoms with Crippen LogP contribution in [0.2, 0.25) is 0 Å². The number of hydrogen-bond donors (Lipinski definition) is 0. The number of fused-ring (bicyclic) bond motifs is 5. The van der Waals surface area contributed by atoms with E-state index < -0.39 is 0 Å². The van der Waals surface area contributed by atoms with Gasteiger partial charge in [-0.05, 0) is 72.9 Å². The Hall–Kier alpha value is -3.13. The zero-order chi connectivity index (χ0) is 21.6. The third-order valence-electron chi connectivity index (χ3n) is 7.38. The first-order chi connectivity index (χ1) is 14.9. The number of rotatable bonds is 2. The van der Waals surface area contributed by atoms with Crippen LogP contribution in [0, 0.1) is 26.7 Å². The van der Waals surface area contributed by atoms with Crippen LogP contribution in [-0.4, -0.2) is 4.40 Å². The number of nitrogens with zero attached hydrogens (tertiary/aromatic N) is 2. The predicted octanol–water partition coefficient (Wildman–Crippen LogP) is 6.94. The first-order valence-electron chi connectivity index (χ1n) is 11.4. The number of benzene rings is 3. The van der Waals surface area contributed by atoms with Crippen molar-refractivity contribution in [3.63, 3.8) is 0 Å². The molecule has 6 aromatic rings. The van der Waals surface area contributed by atoms with Gasteiger partial charge < -0.3 is 4.40 Å². The maximum absolute atomic E-state index is 2.55. The van der Waals surface area contributed by atoms with Gasteiger partial charge in [-0.25, -0.2) is 4.57 Å². The van der Waals surface area contributed by atoms with Crippen molar-refractivity contribution in [2.45, 2.75) is 41.0 Å². The molecule has 0 radical (unpaired) electrons. The molecule has 0 atom stereocenters. The van der Waals surface area contributed by atoms with Crippen molar-refractivity contribution in [1.82, 2.24) is 4.40 Å². The lowest BCUT2D eigenvalue weighted by Crippen LogP contribution is -2.29. The summed E-state index contributed by atoms with van der Waals surface area (Å²) in [5, 5.41) is 6.88. The van der Waals surface area contributed by atoms with E-state index >= 15 is 0 Å². The van der Waals surface area contributed by atoms with Gasteiger partial charge in [0.25, 0.3) is 0 Å². The molecule has 0 saturated carbocycles. The van der Waals surface area contributed by atoms with Crippen LogP contribution in [0.25, 0.3) is 49.0 Å². The molecule has 0 bridgehead atoms. The molecular weight excluding hydrogens is 376 g/mol. The van der Waals surface area contributed by atoms with Crippen LogP contribution in [0.5, 0.6) is 0 Å². The zero-order valence-corrected chi connectivity index (χ0v) is 19.3. The molecule has 3 heterocycles. The second-order valence-electron chi connectivity index (χ2n) is 9.78. The maximum Gasteiger partial charge on any atom is 0.224 e. The average Bonchev–Trinajstić information content (AvgIpc) is 3.08. The number of pyridine rings is 2. The van der Waals surface area contributed by atoms with Crippen LogP contribution < -0.4 is 4.57 Å². The highest BCUT2D eigenvalue weighted by Gasteiger charge is 2.26. The molecule has 0 aliphatic heterocycles. The van der Waals surface area contributed by atoms with E-state index in [-0.39, 0.29) is 0 Å². The Kier molecular flexibility index (Phi) is 3.72. The van der Waals surface area contributed by atoms with Crippen molar-refractivity contribution in [2.24, 2.45) is 13.0 Å². The Bertz CT molecular complexity index is 1660. The van der Waals surface area contributed by atoms with Crippen molar-refractivity contribution >= 4 is 49.0 Å². The van der Waals surface area contributed by atoms with E-state index in [1.54, 1.807) is 0 Å². The molecule has 0 aliphatic rings. The van der Waals surface area contributed by atoms with E-state index in [0.29, 0.717) is 5.92 Å². The highest BCUT2D eigenvalue weighted by Crippen LogP contribution is 2.43. The van der Waals surface area contributed by atoms with Gasteiger partial charge in [-0.1, -0.05) is 38.1 Å². The highest BCUT2D eigenvalue weighted by molar-refractivity contribution is 6.26. The molecular formula is C29H29N2+. The number of hydrogen-bond acceptors (Lipinski definition) is 0. The first kappa shape index (κ1) is 18.6. The molecule has 2 nitrogen and oxygen atoms in total. The summed E-state index contributed by atoms with van der Waals surface area (Å²) in [5.41, 5.74) is 11.0. The Labute approximate surface area is 183 Å². The monoisotopic (exact) mass is 405 g/mol. The first-order valence-corrected chi connectivity index (χ1v) is 11.4. The molecule has 0 unspecified atom stereocenters. The van der Waals surface area contributed by atoms with Crippen molar-refractivity contribution in [1.29, 1.82) is 0 Å². The second kappa shape index (κ2) is 6.20. The Balaban J connectivity index is 2.04. The van der Waals surface area contributed by atoms with Crippen LogP contribution in [0.4, 0.5) is 0 Å². The van der Waals surface area contributed by atoms with Crippen molar-refractivity contribution in [3.05, 3.63) is 70.9 Å². The largest absolute Gasteiger partial charge is 0.307 e. The van der Waals surface area contributed by atoms with Crippen LogP contribution in [0.15, 0.2) is 48.7 Å². The fourth-order valence-electron chi connectivity index (χ4n) is 5.84. The van der Waals surface area contributed by atoms with E-state index in [9.17, 15) is 0 Å². The van der Waals surface area contributed by atoms with Gasteiger partial charge in [-0.2, -0.15) is 0 Å². The molecule has 3 aromatic carbocycles. The molecule has 0 N–H and O–H groups in total. The van der Waals surface area contributed by atoms with E-state index in [0.717, 1.165) is 6.42 Å². The van der Waals surface area contributed by atoms with Crippen molar-refractivity contribution < 1.29 is 4.57 Å². The summed E-state index contributed by atoms with van der Waals surface area (Å²) in [6.07, 6.45) is 3.33. The molecule has 0 saturated heterocycles. The number of para-hydroxylation sites is 1. The lowest BCUT2D eigenvalue weighted by Gasteiger charge is -2.17. The lowest BCUT2D eigenvalue weighted by atomic mass is 9.92. The van der Waals surface area contributed by atoms with Crippen LogP contribution in [-0.2, 0) is 13.5 Å². The summed E-state index contributed by atoms with van der Waals surface area (Å²) < 4.78 is 4.88. The van der Waals surface area contributed by atoms with E-state index in [1.165, 1.54) is 71.3 Å². The van der Waals surface area contributed by atoms with Crippen LogP contribution in [0.1, 0.15) is 36.1 Å². The minimum absolute atomic E-state index is 0.633. The minimum Gasteiger partial charge on any atom is -0.307 e. The third-order valence-corrected chi connectivity index (χ3v) is 7.38. The van der Waals surface area contributed by atoms with Crippen LogP contribution >= 0.6 is 0 Å². The number of aryl methyl sites for hydroxylation is 3. The van der Waals surface area contributed by atoms with Gasteiger partial charge in [0.1, 0.15) is 7.05 Å². The average molecular weight is 406 g/mol. The quantitative estimate of drug-likeness (QED) is 0.168. The Morgan fingerprint density at radius 2 is 1.58 bits per heavy atom. The summed E-state index contributed by atoms with van der Waals surface area (Å²) in [6, 6.07) is 16.1. The lowest BCUT2D eigenvalue weighted by molar-refractivity contribution is -0.643. The van der Waals surface area contributed by atoms with Crippen molar-refractivity contribution in [3.8, 4) is 0 Å². The van der Waals surface area contributed by atoms with Gasteiger partial charge in [-0.15, -0.1) is 0 Å². The molecule has 0 amide bonds. The molecule has 154 valence electrons. The fourth-order valence-corrected chi connectivity index (χ4v) is 5.84. The molecule has 0 spiro atoms. The van der Waals surface area contributed by atoms with Gasteiger partial charge in [0.2, 0.25) is 5.52 Å². The standard InChI is InChI=1S/C29H29N2/c1-16(2)13-20-14-21-11-12-30(6)28-26-19(5)17(3)18(4)25-22-9-7-8-10-23(22)31(29(25)26)24(15-20)27(21)28/h7-12,14-16H,13H2,1-6H3/q+1. The third kappa shape index (κ3) is 2.31. The van der Waals surface area contributed by atoms with Crippen LogP contribution in [0.3, 0.4) is 0 Å². The van der Waals surface area contributed by atoms with Gasteiger partial charge in [-0.3, -0.25) is 0 Å². The van der Waals surface area contributed by atoms with Gasteiger partial charge in [0.05, 0.1) is 27.3 Å². The van der Waals surface area contributed by atoms with Gasteiger partial charge in [0, 0.05) is 16.8 Å². The minimum atomic E-state index is 0.633. The van der Waals surface area contributed by atoms with E-state index in [2.05, 4.69) is 99.3 Å². The summed E-state index contributed by atoms with van der Waals surface area (Å²) in [6.45, 7) is 11.5. The summed E-state index contributed by atoms with van der Waals surface area (Å²) in [7, 11) is 2.19. The normalized spacial score (nSPS) is 12.6. The highest BCUT2D eigenvalue weighted by atomic mass is 15.0. The van der Waals surface area contributed by atoms with E-state index in [4.69, 9.17) is 0 Å². The summed E-state index contributed by atoms with van der Waals surface area (Å²) in [4.78, 5) is 0. The molecule has 2 heteroatoms.